The lowest BCUT2D eigenvalue weighted by Gasteiger charge is -2.26. The average Bonchev–Trinajstić information content (AvgIpc) is 3.13. The van der Waals surface area contributed by atoms with Crippen LogP contribution in [0.15, 0.2) is 45.8 Å². The number of hydrogen-bond donors (Lipinski definition) is 0. The Morgan fingerprint density at radius 2 is 1.83 bits per heavy atom. The monoisotopic (exact) mass is 416 g/mol. The van der Waals surface area contributed by atoms with Gasteiger partial charge in [0.1, 0.15) is 16.5 Å². The summed E-state index contributed by atoms with van der Waals surface area (Å²) >= 11 is 0. The summed E-state index contributed by atoms with van der Waals surface area (Å²) in [6.07, 6.45) is 0.437. The quantitative estimate of drug-likeness (QED) is 0.646. The molecule has 0 aliphatic carbocycles. The van der Waals surface area contributed by atoms with Crippen molar-refractivity contribution in [1.82, 2.24) is 9.46 Å². The van der Waals surface area contributed by atoms with Crippen molar-refractivity contribution in [3.05, 3.63) is 64.6 Å². The molecule has 0 fully saturated rings. The minimum atomic E-state index is -3.79. The van der Waals surface area contributed by atoms with E-state index >= 15 is 0 Å². The van der Waals surface area contributed by atoms with E-state index in [1.165, 1.54) is 23.5 Å². The van der Waals surface area contributed by atoms with Crippen molar-refractivity contribution in [1.29, 1.82) is 0 Å². The highest BCUT2D eigenvalue weighted by Gasteiger charge is 2.34. The molecule has 3 aromatic rings. The van der Waals surface area contributed by atoms with Gasteiger partial charge >= 0.3 is 0 Å². The van der Waals surface area contributed by atoms with E-state index in [9.17, 15) is 12.8 Å². The Labute approximate surface area is 168 Å². The van der Waals surface area contributed by atoms with Crippen LogP contribution < -0.4 is 4.74 Å². The van der Waals surface area contributed by atoms with Crippen LogP contribution >= 0.6 is 0 Å². The number of halogens is 1. The second-order valence-electron chi connectivity index (χ2n) is 7.12. The van der Waals surface area contributed by atoms with Gasteiger partial charge in [-0.2, -0.15) is 4.31 Å². The van der Waals surface area contributed by atoms with Crippen molar-refractivity contribution < 1.29 is 22.1 Å². The van der Waals surface area contributed by atoms with Gasteiger partial charge in [0.2, 0.25) is 10.0 Å². The molecule has 29 heavy (non-hydrogen) atoms. The molecule has 0 N–H and O–H groups in total. The molecule has 0 spiro atoms. The van der Waals surface area contributed by atoms with Crippen LogP contribution in [0.2, 0.25) is 0 Å². The number of rotatable bonds is 4. The Morgan fingerprint density at radius 1 is 1.14 bits per heavy atom. The van der Waals surface area contributed by atoms with Gasteiger partial charge in [0.05, 0.1) is 12.8 Å². The number of sulfonamides is 1. The van der Waals surface area contributed by atoms with Gasteiger partial charge in [-0.15, -0.1) is 0 Å². The summed E-state index contributed by atoms with van der Waals surface area (Å²) in [5, 5.41) is 4.09. The number of fused-ring (bicyclic) bond motifs is 1. The maximum atomic E-state index is 13.4. The second kappa shape index (κ2) is 7.27. The lowest BCUT2D eigenvalue weighted by molar-refractivity contribution is 0.375. The summed E-state index contributed by atoms with van der Waals surface area (Å²) in [7, 11) is -2.33. The van der Waals surface area contributed by atoms with E-state index in [0.717, 1.165) is 16.8 Å². The highest BCUT2D eigenvalue weighted by molar-refractivity contribution is 7.89. The highest BCUT2D eigenvalue weighted by atomic mass is 32.2. The molecule has 6 nitrogen and oxygen atoms in total. The van der Waals surface area contributed by atoms with E-state index in [1.807, 2.05) is 13.8 Å². The second-order valence-corrected chi connectivity index (χ2v) is 9.03. The Morgan fingerprint density at radius 3 is 2.52 bits per heavy atom. The van der Waals surface area contributed by atoms with Gasteiger partial charge in [-0.25, -0.2) is 12.8 Å². The first kappa shape index (κ1) is 19.6. The minimum Gasteiger partial charge on any atom is -0.495 e. The van der Waals surface area contributed by atoms with E-state index < -0.39 is 10.0 Å². The predicted molar refractivity (Wildman–Crippen MR) is 106 cm³/mol. The Bertz CT molecular complexity index is 1170. The van der Waals surface area contributed by atoms with Crippen LogP contribution in [-0.2, 0) is 23.0 Å². The van der Waals surface area contributed by atoms with Crippen molar-refractivity contribution in [3.8, 4) is 17.1 Å². The number of nitrogens with zero attached hydrogens (tertiary/aromatic N) is 2. The zero-order valence-electron chi connectivity index (χ0n) is 16.4. The first-order valence-corrected chi connectivity index (χ1v) is 10.6. The summed E-state index contributed by atoms with van der Waals surface area (Å²) in [6, 6.07) is 9.24. The van der Waals surface area contributed by atoms with Crippen LogP contribution in [0.5, 0.6) is 5.75 Å². The molecule has 8 heteroatoms. The molecule has 2 aromatic carbocycles. The first-order chi connectivity index (χ1) is 13.8. The fourth-order valence-corrected chi connectivity index (χ4v) is 5.12. The van der Waals surface area contributed by atoms with Crippen LogP contribution in [0.4, 0.5) is 4.39 Å². The van der Waals surface area contributed by atoms with Gasteiger partial charge in [-0.3, -0.25) is 0 Å². The molecule has 0 atom stereocenters. The predicted octanol–water partition coefficient (Wildman–Crippen LogP) is 3.85. The number of benzene rings is 2. The van der Waals surface area contributed by atoms with Crippen molar-refractivity contribution in [2.45, 2.75) is 31.7 Å². The van der Waals surface area contributed by atoms with Gasteiger partial charge in [0.25, 0.3) is 0 Å². The molecular weight excluding hydrogens is 395 g/mol. The number of ether oxygens (including phenoxy) is 1. The smallest absolute Gasteiger partial charge is 0.247 e. The van der Waals surface area contributed by atoms with Gasteiger partial charge in [-0.1, -0.05) is 5.16 Å². The van der Waals surface area contributed by atoms with E-state index in [4.69, 9.17) is 9.26 Å². The molecule has 0 unspecified atom stereocenters. The third-order valence-electron chi connectivity index (χ3n) is 5.31. The Kier molecular flexibility index (Phi) is 4.92. The fraction of sp³-hybridized carbons (Fsp3) is 0.286. The molecular formula is C21H21FN2O4S. The number of aromatic nitrogens is 1. The maximum Gasteiger partial charge on any atom is 0.247 e. The lowest BCUT2D eigenvalue weighted by atomic mass is 10.0. The largest absolute Gasteiger partial charge is 0.495 e. The van der Waals surface area contributed by atoms with Crippen LogP contribution in [0.3, 0.4) is 0 Å². The SMILES string of the molecule is COc1cc(C)c(C)cc1S(=O)(=O)N1CCc2noc(-c3ccc(F)cc3)c2C1. The van der Waals surface area contributed by atoms with E-state index in [-0.39, 0.29) is 17.3 Å². The lowest BCUT2D eigenvalue weighted by Crippen LogP contribution is -2.36. The molecule has 152 valence electrons. The molecule has 0 saturated carbocycles. The number of aryl methyl sites for hydroxylation is 2. The number of methoxy groups -OCH3 is 1. The van der Waals surface area contributed by atoms with E-state index in [1.54, 1.807) is 24.3 Å². The summed E-state index contributed by atoms with van der Waals surface area (Å²) in [5.41, 5.74) is 3.92. The molecule has 4 rings (SSSR count). The maximum absolute atomic E-state index is 13.4. The summed E-state index contributed by atoms with van der Waals surface area (Å²) in [4.78, 5) is 0.145. The van der Waals surface area contributed by atoms with Crippen LogP contribution in [0, 0.1) is 19.7 Å². The van der Waals surface area contributed by atoms with Crippen LogP contribution in [-0.4, -0.2) is 31.5 Å². The molecule has 0 radical (unpaired) electrons. The first-order valence-electron chi connectivity index (χ1n) is 9.20. The Hall–Kier alpha value is -2.71. The minimum absolute atomic E-state index is 0.129. The third-order valence-corrected chi connectivity index (χ3v) is 7.17. The molecule has 0 saturated heterocycles. The van der Waals surface area contributed by atoms with Crippen molar-refractivity contribution in [3.63, 3.8) is 0 Å². The summed E-state index contributed by atoms with van der Waals surface area (Å²) in [6.45, 7) is 4.20. The zero-order chi connectivity index (χ0) is 20.8. The van der Waals surface area contributed by atoms with Crippen molar-refractivity contribution in [2.75, 3.05) is 13.7 Å². The molecule has 1 aliphatic rings. The van der Waals surface area contributed by atoms with E-state index in [2.05, 4.69) is 5.16 Å². The topological polar surface area (TPSA) is 72.6 Å². The molecule has 0 bridgehead atoms. The summed E-state index contributed by atoms with van der Waals surface area (Å²) in [5.74, 6) is 0.433. The normalized spacial score (nSPS) is 14.6. The van der Waals surface area contributed by atoms with Gasteiger partial charge in [-0.05, 0) is 61.4 Å². The van der Waals surface area contributed by atoms with Crippen molar-refractivity contribution >= 4 is 10.0 Å². The van der Waals surface area contributed by atoms with Gasteiger partial charge in [0.15, 0.2) is 5.76 Å². The zero-order valence-corrected chi connectivity index (χ0v) is 17.2. The molecule has 1 aromatic heterocycles. The van der Waals surface area contributed by atoms with Gasteiger partial charge in [0, 0.05) is 30.6 Å². The Balaban J connectivity index is 1.73. The molecule has 1 aliphatic heterocycles. The van der Waals surface area contributed by atoms with E-state index in [0.29, 0.717) is 35.6 Å². The van der Waals surface area contributed by atoms with Gasteiger partial charge < -0.3 is 9.26 Å². The van der Waals surface area contributed by atoms with Crippen LogP contribution in [0.25, 0.3) is 11.3 Å². The fourth-order valence-electron chi connectivity index (χ4n) is 3.48. The molecule has 0 amide bonds. The highest BCUT2D eigenvalue weighted by Crippen LogP contribution is 2.35. The number of hydrogen-bond acceptors (Lipinski definition) is 5. The standard InChI is InChI=1S/C21H21FN2O4S/c1-13-10-19(27-3)20(11-14(13)2)29(25,26)24-9-8-18-17(12-24)21(28-23-18)15-4-6-16(22)7-5-15/h4-7,10-11H,8-9,12H2,1-3H3. The molecule has 2 heterocycles. The third kappa shape index (κ3) is 3.42. The summed E-state index contributed by atoms with van der Waals surface area (Å²) < 4.78 is 52.3. The van der Waals surface area contributed by atoms with Crippen molar-refractivity contribution in [2.24, 2.45) is 0 Å². The average molecular weight is 416 g/mol. The van der Waals surface area contributed by atoms with Crippen LogP contribution in [0.1, 0.15) is 22.4 Å².